The van der Waals surface area contributed by atoms with Gasteiger partial charge in [0.1, 0.15) is 24.4 Å². The molecule has 0 saturated carbocycles. The van der Waals surface area contributed by atoms with Crippen molar-refractivity contribution in [2.75, 3.05) is 13.7 Å². The van der Waals surface area contributed by atoms with E-state index in [0.29, 0.717) is 0 Å². The molecule has 1 aliphatic heterocycles. The Morgan fingerprint density at radius 3 is 2.38 bits per heavy atom. The Bertz CT molecular complexity index is 249. The van der Waals surface area contributed by atoms with Crippen LogP contribution in [0.3, 0.4) is 0 Å². The van der Waals surface area contributed by atoms with Crippen molar-refractivity contribution in [1.82, 2.24) is 10.6 Å². The molecule has 0 aromatic rings. The highest BCUT2D eigenvalue weighted by Crippen LogP contribution is 2.19. The van der Waals surface area contributed by atoms with E-state index in [1.54, 1.807) is 0 Å². The minimum atomic E-state index is -1.49. The number of hydrogen-bond acceptors (Lipinski definition) is 6. The van der Waals surface area contributed by atoms with Crippen molar-refractivity contribution in [2.45, 2.75) is 30.6 Å². The van der Waals surface area contributed by atoms with Crippen LogP contribution >= 0.6 is 0 Å². The lowest BCUT2D eigenvalue weighted by Gasteiger charge is -2.39. The van der Waals surface area contributed by atoms with Crippen LogP contribution in [0.4, 0.5) is 4.79 Å². The van der Waals surface area contributed by atoms with Gasteiger partial charge in [0.05, 0.1) is 6.61 Å². The molecule has 1 aliphatic rings. The summed E-state index contributed by atoms with van der Waals surface area (Å²) in [7, 11) is 1.37. The van der Waals surface area contributed by atoms with E-state index < -0.39 is 43.3 Å². The fourth-order valence-electron chi connectivity index (χ4n) is 1.42. The molecule has 8 heteroatoms. The maximum Gasteiger partial charge on any atom is 0.316 e. The third-order valence-corrected chi connectivity index (χ3v) is 2.39. The molecule has 0 radical (unpaired) electrons. The number of urea groups is 1. The monoisotopic (exact) mass is 236 g/mol. The molecule has 0 aromatic carbocycles. The van der Waals surface area contributed by atoms with Crippen molar-refractivity contribution >= 4 is 6.03 Å². The average molecular weight is 236 g/mol. The first kappa shape index (κ1) is 13.1. The zero-order chi connectivity index (χ0) is 12.3. The molecule has 0 aliphatic carbocycles. The predicted molar refractivity (Wildman–Crippen MR) is 51.4 cm³/mol. The van der Waals surface area contributed by atoms with Crippen molar-refractivity contribution in [3.8, 4) is 0 Å². The van der Waals surface area contributed by atoms with E-state index in [1.165, 1.54) is 7.05 Å². The fourth-order valence-corrected chi connectivity index (χ4v) is 1.42. The van der Waals surface area contributed by atoms with E-state index in [-0.39, 0.29) is 0 Å². The Morgan fingerprint density at radius 1 is 1.25 bits per heavy atom. The summed E-state index contributed by atoms with van der Waals surface area (Å²) in [4.78, 5) is 11.0. The average Bonchev–Trinajstić information content (AvgIpc) is 2.29. The lowest BCUT2D eigenvalue weighted by atomic mass is 9.98. The van der Waals surface area contributed by atoms with Gasteiger partial charge in [0.2, 0.25) is 0 Å². The topological polar surface area (TPSA) is 131 Å². The molecule has 16 heavy (non-hydrogen) atoms. The summed E-state index contributed by atoms with van der Waals surface area (Å²) in [5.41, 5.74) is 0. The molecular weight excluding hydrogens is 220 g/mol. The van der Waals surface area contributed by atoms with Crippen LogP contribution in [-0.2, 0) is 4.74 Å². The van der Waals surface area contributed by atoms with E-state index in [9.17, 15) is 20.1 Å². The van der Waals surface area contributed by atoms with Crippen molar-refractivity contribution in [3.05, 3.63) is 0 Å². The highest BCUT2D eigenvalue weighted by Gasteiger charge is 2.43. The quantitative estimate of drug-likeness (QED) is 0.298. The number of carbonyl (C=O) groups excluding carboxylic acids is 1. The Morgan fingerprint density at radius 2 is 1.88 bits per heavy atom. The number of carbonyl (C=O) groups is 1. The molecule has 6 N–H and O–H groups in total. The molecule has 0 unspecified atom stereocenters. The SMILES string of the molecule is CNC(=O)N[C@H]1O[C@H](CO)[C@H](O)[C@H](O)[C@@H]1O. The molecule has 94 valence electrons. The van der Waals surface area contributed by atoms with Crippen molar-refractivity contribution < 1.29 is 30.0 Å². The zero-order valence-corrected chi connectivity index (χ0v) is 8.70. The van der Waals surface area contributed by atoms with Crippen LogP contribution in [0.25, 0.3) is 0 Å². The summed E-state index contributed by atoms with van der Waals surface area (Å²) in [6.45, 7) is -0.531. The largest absolute Gasteiger partial charge is 0.394 e. The highest BCUT2D eigenvalue weighted by atomic mass is 16.6. The number of nitrogens with one attached hydrogen (secondary N) is 2. The van der Waals surface area contributed by atoms with Gasteiger partial charge in [-0.2, -0.15) is 0 Å². The van der Waals surface area contributed by atoms with E-state index >= 15 is 0 Å². The number of ether oxygens (including phenoxy) is 1. The standard InChI is InChI=1S/C8H16N2O6/c1-9-8(15)10-7-6(14)5(13)4(12)3(2-11)16-7/h3-7,11-14H,2H2,1H3,(H2,9,10,15)/t3-,4+,5+,6+,7+/m1/s1. The molecule has 8 nitrogen and oxygen atoms in total. The van der Waals surface area contributed by atoms with E-state index in [2.05, 4.69) is 10.6 Å². The van der Waals surface area contributed by atoms with Gasteiger partial charge in [-0.25, -0.2) is 4.79 Å². The van der Waals surface area contributed by atoms with Gasteiger partial charge in [0, 0.05) is 7.05 Å². The first-order valence-electron chi connectivity index (χ1n) is 4.80. The smallest absolute Gasteiger partial charge is 0.316 e. The second-order valence-electron chi connectivity index (χ2n) is 3.47. The Balaban J connectivity index is 2.67. The van der Waals surface area contributed by atoms with E-state index in [4.69, 9.17) is 9.84 Å². The zero-order valence-electron chi connectivity index (χ0n) is 8.70. The Labute approximate surface area is 91.8 Å². The van der Waals surface area contributed by atoms with Crippen LogP contribution in [-0.4, -0.2) is 70.8 Å². The van der Waals surface area contributed by atoms with Crippen LogP contribution < -0.4 is 10.6 Å². The van der Waals surface area contributed by atoms with Gasteiger partial charge < -0.3 is 35.8 Å². The second-order valence-corrected chi connectivity index (χ2v) is 3.47. The summed E-state index contributed by atoms with van der Waals surface area (Å²) in [6.07, 6.45) is -6.60. The fraction of sp³-hybridized carbons (Fsp3) is 0.875. The molecule has 1 rings (SSSR count). The third-order valence-electron chi connectivity index (χ3n) is 2.39. The van der Waals surface area contributed by atoms with Crippen LogP contribution in [0, 0.1) is 0 Å². The summed E-state index contributed by atoms with van der Waals surface area (Å²) >= 11 is 0. The molecule has 1 heterocycles. The van der Waals surface area contributed by atoms with E-state index in [1.807, 2.05) is 0 Å². The molecule has 1 fully saturated rings. The number of amides is 2. The maximum absolute atomic E-state index is 11.0. The minimum Gasteiger partial charge on any atom is -0.394 e. The molecular formula is C8H16N2O6. The Kier molecular flexibility index (Phi) is 4.44. The number of aliphatic hydroxyl groups is 4. The Hall–Kier alpha value is -0.930. The minimum absolute atomic E-state index is 0.531. The second kappa shape index (κ2) is 5.41. The summed E-state index contributed by atoms with van der Waals surface area (Å²) in [6, 6.07) is -0.607. The van der Waals surface area contributed by atoms with E-state index in [0.717, 1.165) is 0 Å². The van der Waals surface area contributed by atoms with Crippen LogP contribution in [0.1, 0.15) is 0 Å². The van der Waals surface area contributed by atoms with Crippen molar-refractivity contribution in [3.63, 3.8) is 0 Å². The van der Waals surface area contributed by atoms with Crippen LogP contribution in [0.2, 0.25) is 0 Å². The molecule has 0 spiro atoms. The van der Waals surface area contributed by atoms with Crippen molar-refractivity contribution in [1.29, 1.82) is 0 Å². The normalized spacial score (nSPS) is 39.2. The number of hydrogen-bond donors (Lipinski definition) is 6. The van der Waals surface area contributed by atoms with Gasteiger partial charge in [-0.05, 0) is 0 Å². The highest BCUT2D eigenvalue weighted by molar-refractivity contribution is 5.73. The van der Waals surface area contributed by atoms with Gasteiger partial charge in [0.15, 0.2) is 6.23 Å². The van der Waals surface area contributed by atoms with Gasteiger partial charge >= 0.3 is 6.03 Å². The number of rotatable bonds is 2. The molecule has 5 atom stereocenters. The lowest BCUT2D eigenvalue weighted by molar-refractivity contribution is -0.233. The molecule has 0 aromatic heterocycles. The van der Waals surface area contributed by atoms with Gasteiger partial charge in [-0.3, -0.25) is 0 Å². The summed E-state index contributed by atoms with van der Waals surface area (Å²) < 4.78 is 5.02. The summed E-state index contributed by atoms with van der Waals surface area (Å²) in [5.74, 6) is 0. The van der Waals surface area contributed by atoms with Gasteiger partial charge in [-0.15, -0.1) is 0 Å². The van der Waals surface area contributed by atoms with Gasteiger partial charge in [-0.1, -0.05) is 0 Å². The molecule has 1 saturated heterocycles. The summed E-state index contributed by atoms with van der Waals surface area (Å²) in [5, 5.41) is 41.7. The van der Waals surface area contributed by atoms with Crippen LogP contribution in [0.5, 0.6) is 0 Å². The van der Waals surface area contributed by atoms with Crippen LogP contribution in [0.15, 0.2) is 0 Å². The molecule has 0 bridgehead atoms. The third kappa shape index (κ3) is 2.60. The molecule has 2 amide bonds. The predicted octanol–water partition coefficient (Wildman–Crippen LogP) is -3.28. The van der Waals surface area contributed by atoms with Crippen molar-refractivity contribution in [2.24, 2.45) is 0 Å². The first-order valence-corrected chi connectivity index (χ1v) is 4.80. The van der Waals surface area contributed by atoms with Gasteiger partial charge in [0.25, 0.3) is 0 Å². The lowest BCUT2D eigenvalue weighted by Crippen LogP contribution is -2.63. The number of aliphatic hydroxyl groups excluding tert-OH is 4. The maximum atomic E-state index is 11.0. The first-order chi connectivity index (χ1) is 7.51.